The molecule has 0 aliphatic heterocycles. The van der Waals surface area contributed by atoms with Gasteiger partial charge in [-0.05, 0) is 6.26 Å². The van der Waals surface area contributed by atoms with Crippen LogP contribution in [0.3, 0.4) is 0 Å². The van der Waals surface area contributed by atoms with Crippen molar-refractivity contribution in [2.24, 2.45) is 0 Å². The first-order valence-corrected chi connectivity index (χ1v) is 2.71. The minimum Gasteiger partial charge on any atom is -0.275 e. The largest absolute Gasteiger partial charge is 0.275 e. The fraction of sp³-hybridized carbons (Fsp3) is 0.500. The number of carbonyl (C=O) groups is 1. The van der Waals surface area contributed by atoms with Crippen molar-refractivity contribution in [2.45, 2.75) is 0 Å². The topological polar surface area (TPSA) is 17.1 Å². The zero-order valence-electron chi connectivity index (χ0n) is 2.76. The summed E-state index contributed by atoms with van der Waals surface area (Å²) in [5.74, 6) is 0. The minimum absolute atomic E-state index is 0.134. The van der Waals surface area contributed by atoms with Crippen molar-refractivity contribution in [3.8, 4) is 0 Å². The van der Waals surface area contributed by atoms with Gasteiger partial charge in [-0.15, -0.1) is 0 Å². The van der Waals surface area contributed by atoms with Gasteiger partial charge in [-0.1, -0.05) is 24.4 Å². The van der Waals surface area contributed by atoms with Crippen LogP contribution in [-0.4, -0.2) is 10.7 Å². The van der Waals surface area contributed by atoms with Gasteiger partial charge < -0.3 is 0 Å². The second-order valence-electron chi connectivity index (χ2n) is 0.470. The van der Waals surface area contributed by atoms with Crippen molar-refractivity contribution in [2.75, 3.05) is 6.26 Å². The van der Waals surface area contributed by atoms with E-state index in [0.29, 0.717) is 0 Å². The maximum atomic E-state index is 9.64. The average molecular weight is 108 g/mol. The summed E-state index contributed by atoms with van der Waals surface area (Å²) in [6.45, 7) is 0. The number of thioether (sulfide) groups is 1. The molecule has 0 spiro atoms. The molecular weight excluding hydrogens is 104 g/mol. The van der Waals surface area contributed by atoms with E-state index in [9.17, 15) is 4.79 Å². The van der Waals surface area contributed by atoms with Crippen LogP contribution in [0.2, 0.25) is 0 Å². The van der Waals surface area contributed by atoms with Gasteiger partial charge in [0.25, 0.3) is 0 Å². The van der Waals surface area contributed by atoms with Gasteiger partial charge in [0, 0.05) is 0 Å². The zero-order valence-corrected chi connectivity index (χ0v) is 4.47. The van der Waals surface area contributed by atoms with Crippen molar-refractivity contribution in [3.05, 3.63) is 0 Å². The highest BCUT2D eigenvalue weighted by Crippen LogP contribution is 1.97. The molecule has 0 unspecified atom stereocenters. The van der Waals surface area contributed by atoms with E-state index in [2.05, 4.69) is 12.6 Å². The molecule has 0 aliphatic rings. The molecule has 0 aromatic carbocycles. The second-order valence-corrected chi connectivity index (χ2v) is 1.96. The highest BCUT2D eigenvalue weighted by Gasteiger charge is 1.79. The molecule has 3 heteroatoms. The van der Waals surface area contributed by atoms with Crippen molar-refractivity contribution >= 4 is 28.8 Å². The van der Waals surface area contributed by atoms with Gasteiger partial charge in [0.1, 0.15) is 0 Å². The van der Waals surface area contributed by atoms with Crippen LogP contribution in [0.4, 0.5) is 4.79 Å². The summed E-state index contributed by atoms with van der Waals surface area (Å²) in [7, 11) is 0. The van der Waals surface area contributed by atoms with Gasteiger partial charge in [0.2, 0.25) is 4.45 Å². The van der Waals surface area contributed by atoms with Crippen LogP contribution in [0.1, 0.15) is 0 Å². The molecular formula is C2H4OS2. The molecule has 0 rings (SSSR count). The number of carbonyl (C=O) groups excluding carboxylic acids is 1. The summed E-state index contributed by atoms with van der Waals surface area (Å²) >= 11 is 4.53. The van der Waals surface area contributed by atoms with Crippen LogP contribution >= 0.6 is 24.4 Å². The van der Waals surface area contributed by atoms with Crippen LogP contribution < -0.4 is 0 Å². The minimum atomic E-state index is -0.134. The van der Waals surface area contributed by atoms with E-state index in [1.807, 2.05) is 0 Å². The van der Waals surface area contributed by atoms with Gasteiger partial charge in [-0.25, -0.2) is 0 Å². The first kappa shape index (κ1) is 5.37. The van der Waals surface area contributed by atoms with E-state index in [1.165, 1.54) is 0 Å². The predicted molar refractivity (Wildman–Crippen MR) is 27.9 cm³/mol. The highest BCUT2D eigenvalue weighted by molar-refractivity contribution is 8.31. The molecule has 0 amide bonds. The lowest BCUT2D eigenvalue weighted by Crippen LogP contribution is -1.61. The van der Waals surface area contributed by atoms with Gasteiger partial charge in [-0.3, -0.25) is 4.79 Å². The fourth-order valence-electron chi connectivity index (χ4n) is 0. The third kappa shape index (κ3) is 4.37. The van der Waals surface area contributed by atoms with Crippen LogP contribution in [0, 0.1) is 0 Å². The van der Waals surface area contributed by atoms with Crippen molar-refractivity contribution in [1.82, 2.24) is 0 Å². The molecule has 1 nitrogen and oxygen atoms in total. The fourth-order valence-corrected chi connectivity index (χ4v) is 0. The molecule has 0 heterocycles. The molecule has 0 aromatic heterocycles. The van der Waals surface area contributed by atoms with Gasteiger partial charge in [0.05, 0.1) is 0 Å². The standard InChI is InChI=1S/C2H4OS2/c1-5-2(3)4/h1H3,(H,3,4). The Morgan fingerprint density at radius 2 is 2.20 bits per heavy atom. The predicted octanol–water partition coefficient (Wildman–Crippen LogP) is 1.40. The van der Waals surface area contributed by atoms with E-state index in [0.717, 1.165) is 11.8 Å². The van der Waals surface area contributed by atoms with Crippen molar-refractivity contribution < 1.29 is 4.79 Å². The van der Waals surface area contributed by atoms with Gasteiger partial charge in [-0.2, -0.15) is 0 Å². The molecule has 0 radical (unpaired) electrons. The Bertz CT molecular complexity index is 42.9. The Morgan fingerprint density at radius 1 is 2.00 bits per heavy atom. The van der Waals surface area contributed by atoms with E-state index >= 15 is 0 Å². The third-order valence-corrected chi connectivity index (χ3v) is 1.07. The highest BCUT2D eigenvalue weighted by atomic mass is 32.2. The zero-order chi connectivity index (χ0) is 4.28. The van der Waals surface area contributed by atoms with E-state index in [-0.39, 0.29) is 4.45 Å². The number of thiol groups is 1. The molecule has 0 aromatic rings. The first-order chi connectivity index (χ1) is 2.27. The SMILES string of the molecule is CSC(=O)S. The smallest absolute Gasteiger partial charge is 0.242 e. The lowest BCUT2D eigenvalue weighted by molar-refractivity contribution is 0.277. The molecule has 0 fully saturated rings. The normalized spacial score (nSPS) is 7.60. The van der Waals surface area contributed by atoms with E-state index in [4.69, 9.17) is 0 Å². The summed E-state index contributed by atoms with van der Waals surface area (Å²) in [5.41, 5.74) is 0. The Hall–Kier alpha value is 0.370. The summed E-state index contributed by atoms with van der Waals surface area (Å²) in [5, 5.41) is 0. The Morgan fingerprint density at radius 3 is 2.20 bits per heavy atom. The number of hydrogen-bond donors (Lipinski definition) is 1. The second kappa shape index (κ2) is 2.60. The van der Waals surface area contributed by atoms with E-state index in [1.54, 1.807) is 6.26 Å². The molecule has 5 heavy (non-hydrogen) atoms. The molecule has 0 aliphatic carbocycles. The van der Waals surface area contributed by atoms with Gasteiger partial charge in [0.15, 0.2) is 0 Å². The molecule has 0 saturated heterocycles. The van der Waals surface area contributed by atoms with Gasteiger partial charge >= 0.3 is 0 Å². The summed E-state index contributed by atoms with van der Waals surface area (Å²) in [6, 6.07) is 0. The van der Waals surface area contributed by atoms with Crippen LogP contribution in [0.25, 0.3) is 0 Å². The number of rotatable bonds is 0. The number of hydrogen-bond acceptors (Lipinski definition) is 2. The summed E-state index contributed by atoms with van der Waals surface area (Å²) in [4.78, 5) is 9.64. The first-order valence-electron chi connectivity index (χ1n) is 1.04. The Kier molecular flexibility index (Phi) is 2.79. The maximum Gasteiger partial charge on any atom is 0.242 e. The molecule has 0 bridgehead atoms. The van der Waals surface area contributed by atoms with Crippen LogP contribution in [0.5, 0.6) is 0 Å². The van der Waals surface area contributed by atoms with Crippen molar-refractivity contribution in [1.29, 1.82) is 0 Å². The quantitative estimate of drug-likeness (QED) is 0.472. The van der Waals surface area contributed by atoms with Crippen molar-refractivity contribution in [3.63, 3.8) is 0 Å². The monoisotopic (exact) mass is 108 g/mol. The third-order valence-electron chi connectivity index (χ3n) is 0.175. The maximum absolute atomic E-state index is 9.64. The average Bonchev–Trinajstić information content (AvgIpc) is 1.38. The Balaban J connectivity index is 2.85. The Labute approximate surface area is 40.5 Å². The lowest BCUT2D eigenvalue weighted by atomic mass is 11.8. The summed E-state index contributed by atoms with van der Waals surface area (Å²) in [6.07, 6.45) is 1.69. The molecule has 0 N–H and O–H groups in total. The summed E-state index contributed by atoms with van der Waals surface area (Å²) < 4.78 is -0.134. The van der Waals surface area contributed by atoms with Crippen LogP contribution in [-0.2, 0) is 0 Å². The molecule has 0 saturated carbocycles. The van der Waals surface area contributed by atoms with Crippen LogP contribution in [0.15, 0.2) is 0 Å². The molecule has 0 atom stereocenters. The lowest BCUT2D eigenvalue weighted by Gasteiger charge is -1.70. The van der Waals surface area contributed by atoms with E-state index < -0.39 is 0 Å². The molecule has 30 valence electrons.